The topological polar surface area (TPSA) is 49.4 Å². The molecular formula is C14H24N2O2. The molecule has 1 saturated heterocycles. The van der Waals surface area contributed by atoms with E-state index in [2.05, 4.69) is 19.2 Å². The second-order valence-electron chi connectivity index (χ2n) is 6.19. The smallest absolute Gasteiger partial charge is 0.243 e. The van der Waals surface area contributed by atoms with Crippen LogP contribution in [0.15, 0.2) is 0 Å². The Labute approximate surface area is 109 Å². The van der Waals surface area contributed by atoms with Crippen LogP contribution in [0.2, 0.25) is 0 Å². The van der Waals surface area contributed by atoms with Gasteiger partial charge in [0.15, 0.2) is 0 Å². The SMILES string of the molecule is CCC1C(=O)NCC(=O)N1C1CCCCC1(C)C. The number of nitrogens with one attached hydrogen (secondary N) is 1. The van der Waals surface area contributed by atoms with Gasteiger partial charge in [0.2, 0.25) is 11.8 Å². The lowest BCUT2D eigenvalue weighted by atomic mass is 9.72. The molecule has 0 radical (unpaired) electrons. The van der Waals surface area contributed by atoms with Crippen molar-refractivity contribution in [2.24, 2.45) is 5.41 Å². The molecule has 2 rings (SSSR count). The Balaban J connectivity index is 2.27. The second-order valence-corrected chi connectivity index (χ2v) is 6.19. The maximum absolute atomic E-state index is 12.2. The molecule has 2 atom stereocenters. The molecule has 1 saturated carbocycles. The molecule has 0 aromatic heterocycles. The maximum atomic E-state index is 12.2. The molecule has 18 heavy (non-hydrogen) atoms. The zero-order chi connectivity index (χ0) is 13.3. The zero-order valence-corrected chi connectivity index (χ0v) is 11.7. The third-order valence-corrected chi connectivity index (χ3v) is 4.51. The molecule has 1 N–H and O–H groups in total. The summed E-state index contributed by atoms with van der Waals surface area (Å²) in [7, 11) is 0. The number of hydrogen-bond acceptors (Lipinski definition) is 2. The molecule has 4 heteroatoms. The van der Waals surface area contributed by atoms with Gasteiger partial charge in [0.1, 0.15) is 6.04 Å². The first kappa shape index (κ1) is 13.4. The average molecular weight is 252 g/mol. The fourth-order valence-corrected chi connectivity index (χ4v) is 3.44. The van der Waals surface area contributed by atoms with Crippen molar-refractivity contribution in [2.45, 2.75) is 65.0 Å². The normalized spacial score (nSPS) is 32.3. The Morgan fingerprint density at radius 2 is 2.06 bits per heavy atom. The quantitative estimate of drug-likeness (QED) is 0.813. The molecule has 1 heterocycles. The highest BCUT2D eigenvalue weighted by molar-refractivity contribution is 5.95. The van der Waals surface area contributed by atoms with E-state index >= 15 is 0 Å². The van der Waals surface area contributed by atoms with E-state index < -0.39 is 0 Å². The van der Waals surface area contributed by atoms with Crippen LogP contribution in [0.1, 0.15) is 52.9 Å². The van der Waals surface area contributed by atoms with Gasteiger partial charge in [-0.2, -0.15) is 0 Å². The minimum absolute atomic E-state index is 0.0125. The Morgan fingerprint density at radius 3 is 2.67 bits per heavy atom. The Kier molecular flexibility index (Phi) is 3.64. The van der Waals surface area contributed by atoms with Gasteiger partial charge in [-0.15, -0.1) is 0 Å². The predicted octanol–water partition coefficient (Wildman–Crippen LogP) is 1.69. The van der Waals surface area contributed by atoms with Gasteiger partial charge < -0.3 is 10.2 Å². The number of amides is 2. The average Bonchev–Trinajstić information content (AvgIpc) is 2.32. The van der Waals surface area contributed by atoms with Gasteiger partial charge in [-0.1, -0.05) is 33.6 Å². The summed E-state index contributed by atoms with van der Waals surface area (Å²) in [6.07, 6.45) is 5.26. The molecular weight excluding hydrogens is 228 g/mol. The number of carbonyl (C=O) groups is 2. The van der Waals surface area contributed by atoms with Gasteiger partial charge in [-0.25, -0.2) is 0 Å². The zero-order valence-electron chi connectivity index (χ0n) is 11.7. The van der Waals surface area contributed by atoms with Crippen molar-refractivity contribution in [1.82, 2.24) is 10.2 Å². The van der Waals surface area contributed by atoms with Crippen molar-refractivity contribution in [3.8, 4) is 0 Å². The molecule has 0 bridgehead atoms. The lowest BCUT2D eigenvalue weighted by Crippen LogP contribution is -2.64. The van der Waals surface area contributed by atoms with Crippen LogP contribution in [0.25, 0.3) is 0 Å². The third-order valence-electron chi connectivity index (χ3n) is 4.51. The fourth-order valence-electron chi connectivity index (χ4n) is 3.44. The van der Waals surface area contributed by atoms with E-state index in [4.69, 9.17) is 0 Å². The van der Waals surface area contributed by atoms with Crippen LogP contribution in [0.4, 0.5) is 0 Å². The monoisotopic (exact) mass is 252 g/mol. The van der Waals surface area contributed by atoms with Crippen LogP contribution in [0.5, 0.6) is 0 Å². The highest BCUT2D eigenvalue weighted by atomic mass is 16.2. The lowest BCUT2D eigenvalue weighted by Gasteiger charge is -2.49. The summed E-state index contributed by atoms with van der Waals surface area (Å²) < 4.78 is 0. The first-order valence-electron chi connectivity index (χ1n) is 7.06. The van der Waals surface area contributed by atoms with Crippen molar-refractivity contribution in [3.05, 3.63) is 0 Å². The third kappa shape index (κ3) is 2.25. The molecule has 0 aromatic carbocycles. The van der Waals surface area contributed by atoms with E-state index in [-0.39, 0.29) is 35.9 Å². The molecule has 1 aliphatic heterocycles. The molecule has 2 fully saturated rings. The standard InChI is InChI=1S/C14H24N2O2/c1-4-10-13(18)15-9-12(17)16(10)11-7-5-6-8-14(11,2)3/h10-11H,4-9H2,1-3H3,(H,15,18). The molecule has 2 aliphatic rings. The molecule has 102 valence electrons. The highest BCUT2D eigenvalue weighted by Crippen LogP contribution is 2.40. The van der Waals surface area contributed by atoms with E-state index in [9.17, 15) is 9.59 Å². The van der Waals surface area contributed by atoms with Crippen molar-refractivity contribution in [3.63, 3.8) is 0 Å². The molecule has 4 nitrogen and oxygen atoms in total. The number of carbonyl (C=O) groups excluding carboxylic acids is 2. The second kappa shape index (κ2) is 4.90. The lowest BCUT2D eigenvalue weighted by molar-refractivity contribution is -0.152. The predicted molar refractivity (Wildman–Crippen MR) is 70.0 cm³/mol. The van der Waals surface area contributed by atoms with Crippen LogP contribution in [0, 0.1) is 5.41 Å². The van der Waals surface area contributed by atoms with Gasteiger partial charge in [0.05, 0.1) is 6.54 Å². The van der Waals surface area contributed by atoms with Crippen LogP contribution >= 0.6 is 0 Å². The number of nitrogens with zero attached hydrogens (tertiary/aromatic N) is 1. The van der Waals surface area contributed by atoms with Gasteiger partial charge in [0, 0.05) is 6.04 Å². The maximum Gasteiger partial charge on any atom is 0.243 e. The van der Waals surface area contributed by atoms with E-state index in [0.29, 0.717) is 6.42 Å². The van der Waals surface area contributed by atoms with E-state index in [1.54, 1.807) is 0 Å². The van der Waals surface area contributed by atoms with Crippen LogP contribution in [-0.4, -0.2) is 35.3 Å². The first-order chi connectivity index (χ1) is 8.47. The molecule has 1 aliphatic carbocycles. The summed E-state index contributed by atoms with van der Waals surface area (Å²) in [6, 6.07) is -0.0524. The van der Waals surface area contributed by atoms with E-state index in [0.717, 1.165) is 19.3 Å². The summed E-state index contributed by atoms with van der Waals surface area (Å²) in [5.74, 6) is 0.0971. The fraction of sp³-hybridized carbons (Fsp3) is 0.857. The van der Waals surface area contributed by atoms with Crippen molar-refractivity contribution >= 4 is 11.8 Å². The first-order valence-corrected chi connectivity index (χ1v) is 7.06. The summed E-state index contributed by atoms with van der Waals surface area (Å²) in [6.45, 7) is 6.60. The summed E-state index contributed by atoms with van der Waals surface area (Å²) in [4.78, 5) is 26.0. The number of hydrogen-bond donors (Lipinski definition) is 1. The van der Waals surface area contributed by atoms with Crippen LogP contribution in [-0.2, 0) is 9.59 Å². The van der Waals surface area contributed by atoms with Gasteiger partial charge >= 0.3 is 0 Å². The van der Waals surface area contributed by atoms with E-state index in [1.807, 2.05) is 11.8 Å². The Morgan fingerprint density at radius 1 is 1.33 bits per heavy atom. The van der Waals surface area contributed by atoms with Gasteiger partial charge in [0.25, 0.3) is 0 Å². The summed E-state index contributed by atoms with van der Waals surface area (Å²) in [5, 5.41) is 2.70. The van der Waals surface area contributed by atoms with Crippen LogP contribution < -0.4 is 5.32 Å². The Hall–Kier alpha value is -1.06. The Bertz CT molecular complexity index is 352. The van der Waals surface area contributed by atoms with Gasteiger partial charge in [-0.05, 0) is 24.7 Å². The summed E-state index contributed by atoms with van der Waals surface area (Å²) >= 11 is 0. The van der Waals surface area contributed by atoms with Gasteiger partial charge in [-0.3, -0.25) is 9.59 Å². The number of piperazine rings is 1. The minimum atomic E-state index is -0.270. The van der Waals surface area contributed by atoms with Crippen molar-refractivity contribution in [1.29, 1.82) is 0 Å². The molecule has 2 unspecified atom stereocenters. The minimum Gasteiger partial charge on any atom is -0.345 e. The van der Waals surface area contributed by atoms with Crippen molar-refractivity contribution in [2.75, 3.05) is 6.54 Å². The molecule has 0 aromatic rings. The largest absolute Gasteiger partial charge is 0.345 e. The van der Waals surface area contributed by atoms with Crippen LogP contribution in [0.3, 0.4) is 0 Å². The highest BCUT2D eigenvalue weighted by Gasteiger charge is 2.44. The number of rotatable bonds is 2. The molecule has 0 spiro atoms. The summed E-state index contributed by atoms with van der Waals surface area (Å²) in [5.41, 5.74) is 0.124. The van der Waals surface area contributed by atoms with Crippen molar-refractivity contribution < 1.29 is 9.59 Å². The van der Waals surface area contributed by atoms with E-state index in [1.165, 1.54) is 6.42 Å². The molecule has 2 amide bonds.